The summed E-state index contributed by atoms with van der Waals surface area (Å²) in [5, 5.41) is 125. The van der Waals surface area contributed by atoms with Crippen LogP contribution in [0.2, 0.25) is 0 Å². The van der Waals surface area contributed by atoms with E-state index in [4.69, 9.17) is 19.9 Å². The Bertz CT molecular complexity index is 3240. The first-order valence-electron chi connectivity index (χ1n) is 28.6. The highest BCUT2D eigenvalue weighted by molar-refractivity contribution is 7.90. The number of nitrogens with one attached hydrogen (secondary N) is 6. The Morgan fingerprint density at radius 3 is 2.11 bits per heavy atom. The molecule has 14 unspecified atom stereocenters. The smallest absolute Gasteiger partial charge is 0.261 e. The van der Waals surface area contributed by atoms with E-state index >= 15 is 0 Å². The fraction of sp³-hybridized carbons (Fsp3) is 0.482. The SMILES string of the molecule is CCCCCOc1ccc(-c2nnc(NC(=O)c3ccc(C(=O)NC4CC(O)CNC(=O)C5C(O)C(C)CN5C(=O)C(C(O)CC(N)=O)NC(=O)C(C(O)C(O)c5ccc(O)c(OSOOO)c5)NC(=O)C5CC(O)CN5C(=O)C(C(C)O)NC4=O)cc3)s2)cc1. The molecule has 3 aliphatic heterocycles. The van der Waals surface area contributed by atoms with Gasteiger partial charge in [0.2, 0.25) is 46.5 Å². The van der Waals surface area contributed by atoms with Crippen molar-refractivity contribution in [2.24, 2.45) is 11.7 Å². The van der Waals surface area contributed by atoms with Crippen LogP contribution in [0.1, 0.15) is 91.7 Å². The summed E-state index contributed by atoms with van der Waals surface area (Å²) in [5.74, 6) is -12.2. The molecule has 9 amide bonds. The lowest BCUT2D eigenvalue weighted by molar-refractivity contribution is -0.433. The molecule has 14 atom stereocenters. The van der Waals surface area contributed by atoms with Crippen LogP contribution < -0.4 is 46.6 Å². The molecule has 3 fully saturated rings. The Hall–Kier alpha value is -8.20. The van der Waals surface area contributed by atoms with Gasteiger partial charge in [-0.2, -0.15) is 0 Å². The van der Waals surface area contributed by atoms with Crippen LogP contribution >= 0.6 is 23.7 Å². The molecule has 494 valence electrons. The van der Waals surface area contributed by atoms with Crippen LogP contribution in [0.4, 0.5) is 5.13 Å². The molecule has 33 nitrogen and oxygen atoms in total. The molecule has 4 heterocycles. The minimum atomic E-state index is -2.54. The van der Waals surface area contributed by atoms with Crippen molar-refractivity contribution in [3.8, 4) is 27.8 Å². The number of hydrogen-bond acceptors (Lipinski definition) is 26. The summed E-state index contributed by atoms with van der Waals surface area (Å²) in [6, 6.07) is 2.67. The predicted molar refractivity (Wildman–Crippen MR) is 316 cm³/mol. The largest absolute Gasteiger partial charge is 0.504 e. The molecule has 91 heavy (non-hydrogen) atoms. The number of phenolic OH excluding ortho intramolecular Hbond substituents is 1. The van der Waals surface area contributed by atoms with Crippen LogP contribution in [-0.4, -0.2) is 218 Å². The number of benzene rings is 3. The number of aromatic nitrogens is 2. The van der Waals surface area contributed by atoms with E-state index in [1.807, 2.05) is 12.1 Å². The van der Waals surface area contributed by atoms with Crippen LogP contribution in [0.25, 0.3) is 10.6 Å². The molecule has 0 radical (unpaired) electrons. The number of unbranched alkanes of at least 4 members (excludes halogenated alkanes) is 2. The zero-order chi connectivity index (χ0) is 66.4. The number of rotatable bonds is 21. The number of aliphatic hydroxyl groups is 7. The van der Waals surface area contributed by atoms with Gasteiger partial charge in [0.05, 0.1) is 43.5 Å². The number of aromatic hydroxyl groups is 1. The lowest BCUT2D eigenvalue weighted by Crippen LogP contribution is -2.64. The third-order valence-corrected chi connectivity index (χ3v) is 16.4. The molecule has 1 aromatic heterocycles. The number of hydrogen-bond donors (Lipinski definition) is 16. The third-order valence-electron chi connectivity index (χ3n) is 15.1. The van der Waals surface area contributed by atoms with E-state index in [1.54, 1.807) is 12.1 Å². The normalized spacial score (nSPS) is 25.0. The van der Waals surface area contributed by atoms with Crippen LogP contribution in [-0.2, 0) is 42.9 Å². The van der Waals surface area contributed by atoms with Gasteiger partial charge in [-0.05, 0) is 79.6 Å². The molecule has 0 bridgehead atoms. The zero-order valence-electron chi connectivity index (χ0n) is 49.0. The van der Waals surface area contributed by atoms with Gasteiger partial charge in [0.25, 0.3) is 24.1 Å². The number of nitrogens with zero attached hydrogens (tertiary/aromatic N) is 4. The van der Waals surface area contributed by atoms with Gasteiger partial charge in [-0.3, -0.25) is 48.5 Å². The maximum Gasteiger partial charge on any atom is 0.261 e. The second kappa shape index (κ2) is 32.2. The van der Waals surface area contributed by atoms with Crippen molar-refractivity contribution < 1.29 is 108 Å². The van der Waals surface area contributed by atoms with Gasteiger partial charge in [0.15, 0.2) is 11.5 Å². The van der Waals surface area contributed by atoms with Gasteiger partial charge >= 0.3 is 0 Å². The van der Waals surface area contributed by atoms with E-state index in [1.165, 1.54) is 31.2 Å². The molecular formula is C56H71N11O22S2. The summed E-state index contributed by atoms with van der Waals surface area (Å²) in [5.41, 5.74) is 5.65. The topological polar surface area (TPSA) is 503 Å². The number of anilines is 1. The van der Waals surface area contributed by atoms with Gasteiger partial charge in [0, 0.05) is 55.1 Å². The van der Waals surface area contributed by atoms with Crippen molar-refractivity contribution in [1.82, 2.24) is 46.6 Å². The number of amides is 9. The predicted octanol–water partition coefficient (Wildman–Crippen LogP) is -2.59. The Balaban J connectivity index is 1.17. The van der Waals surface area contributed by atoms with E-state index < -0.39 is 188 Å². The minimum Gasteiger partial charge on any atom is -0.504 e. The first kappa shape index (κ1) is 70.3. The number of primary amides is 1. The lowest BCUT2D eigenvalue weighted by atomic mass is 9.96. The second-order valence-electron chi connectivity index (χ2n) is 21.9. The third kappa shape index (κ3) is 18.1. The number of β-amino-alcohol motifs (C(OH)–C–C–N with tert-alkyl or cyclic N) is 1. The standard InChI is InChI=1S/C56H71N11O22S2/c1-4-5-6-17-86-33-14-11-29(12-15-33)53-64-65-56(90-53)63-48(78)28-9-7-27(8-10-28)47(77)59-34-19-31(69)22-58-52(82)43-44(74)25(2)23-67(43)55(84)41(37(72)21-39(57)73)61-51(81)42(46(76)45(75)30-13-16-36(71)38(18-30)87-91-89-88-85)62-50(80)35-20-32(70)24-66(35)54(83)40(26(3)68)60-49(34)79/h7-16,18,25-26,31-32,34-35,37,40-46,68-72,74-76,85H,4-6,17,19-24H2,1-3H3,(H2,57,73)(H,58,82)(H,59,77)(H,60,79)(H,61,81)(H,62,80)(H,63,65,78). The van der Waals surface area contributed by atoms with Crippen molar-refractivity contribution in [2.45, 2.75) is 138 Å². The van der Waals surface area contributed by atoms with Crippen molar-refractivity contribution in [1.29, 1.82) is 0 Å². The number of phenols is 1. The molecule has 7 rings (SSSR count). The molecule has 3 aliphatic rings. The summed E-state index contributed by atoms with van der Waals surface area (Å²) < 4.78 is 15.0. The summed E-state index contributed by atoms with van der Waals surface area (Å²) in [7, 11) is 0. The van der Waals surface area contributed by atoms with Crippen molar-refractivity contribution in [3.05, 3.63) is 83.4 Å². The highest BCUT2D eigenvalue weighted by Crippen LogP contribution is 2.34. The summed E-state index contributed by atoms with van der Waals surface area (Å²) in [6.07, 6.45) is -13.4. The number of fused-ring (bicyclic) bond motifs is 2. The van der Waals surface area contributed by atoms with Crippen LogP contribution in [0.15, 0.2) is 66.7 Å². The molecule has 0 aliphatic carbocycles. The molecule has 0 spiro atoms. The Morgan fingerprint density at radius 2 is 1.45 bits per heavy atom. The Morgan fingerprint density at radius 1 is 0.791 bits per heavy atom. The fourth-order valence-corrected chi connectivity index (χ4v) is 11.2. The van der Waals surface area contributed by atoms with Gasteiger partial charge in [0.1, 0.15) is 59.2 Å². The highest BCUT2D eigenvalue weighted by atomic mass is 32.2. The number of ether oxygens (including phenoxy) is 1. The highest BCUT2D eigenvalue weighted by Gasteiger charge is 2.50. The molecule has 0 saturated carbocycles. The molecule has 3 saturated heterocycles. The molecule has 4 aromatic rings. The number of nitrogens with two attached hydrogens (primary N) is 1. The first-order valence-corrected chi connectivity index (χ1v) is 30.1. The lowest BCUT2D eigenvalue weighted by Gasteiger charge is -2.34. The number of aliphatic hydroxyl groups excluding tert-OH is 7. The maximum absolute atomic E-state index is 14.7. The van der Waals surface area contributed by atoms with Crippen molar-refractivity contribution in [2.75, 3.05) is 31.6 Å². The quantitative estimate of drug-likeness (QED) is 0.0176. The summed E-state index contributed by atoms with van der Waals surface area (Å²) in [6.45, 7) is 3.25. The van der Waals surface area contributed by atoms with E-state index in [0.29, 0.717) is 22.3 Å². The van der Waals surface area contributed by atoms with E-state index in [0.717, 1.165) is 66.2 Å². The van der Waals surface area contributed by atoms with Crippen LogP contribution in [0, 0.1) is 5.92 Å². The second-order valence-corrected chi connectivity index (χ2v) is 23.3. The zero-order valence-corrected chi connectivity index (χ0v) is 50.7. The van der Waals surface area contributed by atoms with E-state index in [9.17, 15) is 84.0 Å². The first-order chi connectivity index (χ1) is 43.3. The van der Waals surface area contributed by atoms with Gasteiger partial charge in [-0.1, -0.05) is 53.5 Å². The van der Waals surface area contributed by atoms with Crippen molar-refractivity contribution >= 4 is 82.0 Å². The van der Waals surface area contributed by atoms with E-state index in [2.05, 4.69) is 58.4 Å². The van der Waals surface area contributed by atoms with Gasteiger partial charge in [-0.15, -0.1) is 10.2 Å². The maximum atomic E-state index is 14.7. The average molecular weight is 1310 g/mol. The Labute approximate surface area is 526 Å². The average Bonchev–Trinajstić information content (AvgIpc) is 1.75. The molecule has 3 aromatic carbocycles. The van der Waals surface area contributed by atoms with E-state index in [-0.39, 0.29) is 34.1 Å². The minimum absolute atomic E-state index is 0.0323. The summed E-state index contributed by atoms with van der Waals surface area (Å²) >= 11 is 1.06. The molecular weight excluding hydrogens is 1240 g/mol. The van der Waals surface area contributed by atoms with Gasteiger partial charge in [-0.25, -0.2) is 5.26 Å². The number of carbonyl (C=O) groups is 9. The van der Waals surface area contributed by atoms with Crippen LogP contribution in [0.3, 0.4) is 0 Å². The number of carbonyl (C=O) groups excluding carboxylic acids is 9. The molecule has 35 heteroatoms. The monoisotopic (exact) mass is 1310 g/mol. The van der Waals surface area contributed by atoms with Crippen LogP contribution in [0.5, 0.6) is 17.2 Å². The van der Waals surface area contributed by atoms with Crippen molar-refractivity contribution in [3.63, 3.8) is 0 Å². The Kier molecular flexibility index (Phi) is 24.9. The fourth-order valence-electron chi connectivity index (χ4n) is 10.2. The van der Waals surface area contributed by atoms with Gasteiger partial charge < -0.3 is 91.9 Å². The summed E-state index contributed by atoms with van der Waals surface area (Å²) in [4.78, 5) is 128. The molecule has 17 N–H and O–H groups in total.